The molecule has 3 aromatic heterocycles. The maximum atomic E-state index is 12.9. The van der Waals surface area contributed by atoms with Crippen LogP contribution in [0.1, 0.15) is 30.7 Å². The normalized spacial score (nSPS) is 18.4. The highest BCUT2D eigenvalue weighted by atomic mass is 19.4. The van der Waals surface area contributed by atoms with Gasteiger partial charge < -0.3 is 9.80 Å². The number of carbonyl (C=O) groups is 1. The first-order valence-electron chi connectivity index (χ1n) is 11.1. The SMILES string of the molecule is Cc1nn(CC(F)F)c2nc(N3CCC4(CC3)CC(=O)N(c3ccc(C(F)(F)F)nc3)C4)cnc12. The van der Waals surface area contributed by atoms with Gasteiger partial charge in [0.2, 0.25) is 5.91 Å². The number of hydrogen-bond acceptors (Lipinski definition) is 6. The number of carbonyl (C=O) groups excluding carboxylic acids is 1. The summed E-state index contributed by atoms with van der Waals surface area (Å²) in [5, 5.41) is 4.12. The van der Waals surface area contributed by atoms with Gasteiger partial charge in [0.05, 0.1) is 23.8 Å². The summed E-state index contributed by atoms with van der Waals surface area (Å²) in [6.45, 7) is 2.68. The summed E-state index contributed by atoms with van der Waals surface area (Å²) in [5.41, 5.74) is 0.352. The van der Waals surface area contributed by atoms with Gasteiger partial charge in [-0.2, -0.15) is 18.3 Å². The molecule has 5 rings (SSSR count). The van der Waals surface area contributed by atoms with Gasteiger partial charge in [-0.05, 0) is 31.9 Å². The van der Waals surface area contributed by atoms with Crippen molar-refractivity contribution in [2.45, 2.75) is 45.3 Å². The third-order valence-electron chi connectivity index (χ3n) is 6.73. The molecule has 3 aromatic rings. The van der Waals surface area contributed by atoms with Crippen LogP contribution in [-0.4, -0.2) is 56.7 Å². The fraction of sp³-hybridized carbons (Fsp3) is 0.500. The maximum Gasteiger partial charge on any atom is 0.433 e. The van der Waals surface area contributed by atoms with E-state index in [0.29, 0.717) is 67.3 Å². The van der Waals surface area contributed by atoms with Gasteiger partial charge >= 0.3 is 6.18 Å². The number of halogens is 5. The Balaban J connectivity index is 1.29. The second-order valence-corrected chi connectivity index (χ2v) is 9.10. The molecule has 0 atom stereocenters. The van der Waals surface area contributed by atoms with Crippen LogP contribution >= 0.6 is 0 Å². The number of anilines is 2. The molecule has 0 radical (unpaired) electrons. The van der Waals surface area contributed by atoms with E-state index in [1.807, 2.05) is 4.90 Å². The zero-order valence-corrected chi connectivity index (χ0v) is 18.8. The Morgan fingerprint density at radius 1 is 1.11 bits per heavy atom. The molecule has 13 heteroatoms. The lowest BCUT2D eigenvalue weighted by Crippen LogP contribution is -2.42. The maximum absolute atomic E-state index is 12.9. The first kappa shape index (κ1) is 23.4. The number of fused-ring (bicyclic) bond motifs is 1. The van der Waals surface area contributed by atoms with Crippen molar-refractivity contribution in [3.05, 3.63) is 35.9 Å². The summed E-state index contributed by atoms with van der Waals surface area (Å²) in [4.78, 5) is 28.6. The van der Waals surface area contributed by atoms with Gasteiger partial charge in [0, 0.05) is 31.5 Å². The quantitative estimate of drug-likeness (QED) is 0.512. The minimum Gasteiger partial charge on any atom is -0.355 e. The highest BCUT2D eigenvalue weighted by Gasteiger charge is 2.46. The van der Waals surface area contributed by atoms with Crippen LogP contribution < -0.4 is 9.80 Å². The van der Waals surface area contributed by atoms with Gasteiger partial charge in [-0.15, -0.1) is 0 Å². The number of pyridine rings is 1. The lowest BCUT2D eigenvalue weighted by molar-refractivity contribution is -0.141. The molecule has 5 heterocycles. The van der Waals surface area contributed by atoms with Gasteiger partial charge in [-0.1, -0.05) is 0 Å². The van der Waals surface area contributed by atoms with E-state index in [0.717, 1.165) is 12.3 Å². The molecule has 2 fully saturated rings. The van der Waals surface area contributed by atoms with Crippen LogP contribution in [0.3, 0.4) is 0 Å². The second kappa shape index (κ2) is 8.38. The highest BCUT2D eigenvalue weighted by molar-refractivity contribution is 5.96. The van der Waals surface area contributed by atoms with Crippen molar-refractivity contribution in [2.75, 3.05) is 29.4 Å². The zero-order chi connectivity index (χ0) is 25.0. The molecule has 2 aliphatic heterocycles. The van der Waals surface area contributed by atoms with Crippen molar-refractivity contribution in [1.82, 2.24) is 24.7 Å². The van der Waals surface area contributed by atoms with E-state index >= 15 is 0 Å². The summed E-state index contributed by atoms with van der Waals surface area (Å²) in [7, 11) is 0. The van der Waals surface area contributed by atoms with Crippen LogP contribution in [0.5, 0.6) is 0 Å². The minimum absolute atomic E-state index is 0.146. The number of rotatable bonds is 4. The summed E-state index contributed by atoms with van der Waals surface area (Å²) in [6, 6.07) is 2.16. The number of nitrogens with zero attached hydrogens (tertiary/aromatic N) is 7. The topological polar surface area (TPSA) is 80.0 Å². The Bertz CT molecular complexity index is 1250. The van der Waals surface area contributed by atoms with E-state index in [4.69, 9.17) is 0 Å². The molecule has 1 amide bonds. The Labute approximate surface area is 196 Å². The van der Waals surface area contributed by atoms with E-state index in [-0.39, 0.29) is 11.3 Å². The van der Waals surface area contributed by atoms with Crippen molar-refractivity contribution in [1.29, 1.82) is 0 Å². The molecule has 0 aliphatic carbocycles. The number of aryl methyl sites for hydroxylation is 1. The van der Waals surface area contributed by atoms with E-state index in [1.165, 1.54) is 15.6 Å². The number of amides is 1. The molecular weight excluding hydrogens is 473 g/mol. The summed E-state index contributed by atoms with van der Waals surface area (Å²) in [6.07, 6.45) is -2.79. The molecular formula is C22H22F5N7O. The molecule has 1 spiro atoms. The summed E-state index contributed by atoms with van der Waals surface area (Å²) >= 11 is 0. The molecule has 35 heavy (non-hydrogen) atoms. The number of alkyl halides is 5. The van der Waals surface area contributed by atoms with E-state index in [2.05, 4.69) is 20.1 Å². The fourth-order valence-corrected chi connectivity index (χ4v) is 4.88. The van der Waals surface area contributed by atoms with Gasteiger partial charge in [-0.25, -0.2) is 28.4 Å². The standard InChI is InChI=1S/C22H22F5N7O/c1-13-19-20(34(31-13)11-16(23)24)30-17(10-29-19)32-6-4-21(5-7-32)8-18(35)33(12-21)14-2-3-15(28-9-14)22(25,26)27/h2-3,9-10,16H,4-8,11-12H2,1H3. The predicted octanol–water partition coefficient (Wildman–Crippen LogP) is 3.84. The van der Waals surface area contributed by atoms with Crippen LogP contribution in [0.15, 0.2) is 24.5 Å². The molecule has 2 saturated heterocycles. The third-order valence-corrected chi connectivity index (χ3v) is 6.73. The largest absolute Gasteiger partial charge is 0.433 e. The smallest absolute Gasteiger partial charge is 0.355 e. The predicted molar refractivity (Wildman–Crippen MR) is 116 cm³/mol. The van der Waals surface area contributed by atoms with Crippen LogP contribution in [0.4, 0.5) is 33.5 Å². The summed E-state index contributed by atoms with van der Waals surface area (Å²) < 4.78 is 65.5. The molecule has 8 nitrogen and oxygen atoms in total. The van der Waals surface area contributed by atoms with Crippen LogP contribution in [0.25, 0.3) is 11.2 Å². The van der Waals surface area contributed by atoms with Crippen molar-refractivity contribution in [3.63, 3.8) is 0 Å². The van der Waals surface area contributed by atoms with Crippen molar-refractivity contribution in [2.24, 2.45) is 5.41 Å². The second-order valence-electron chi connectivity index (χ2n) is 9.10. The monoisotopic (exact) mass is 495 g/mol. The van der Waals surface area contributed by atoms with Crippen LogP contribution in [0, 0.1) is 12.3 Å². The Morgan fingerprint density at radius 2 is 1.86 bits per heavy atom. The van der Waals surface area contributed by atoms with E-state index in [1.54, 1.807) is 13.1 Å². The summed E-state index contributed by atoms with van der Waals surface area (Å²) in [5.74, 6) is 0.406. The first-order chi connectivity index (χ1) is 16.5. The fourth-order valence-electron chi connectivity index (χ4n) is 4.88. The Morgan fingerprint density at radius 3 is 2.49 bits per heavy atom. The molecule has 0 N–H and O–H groups in total. The number of piperidine rings is 1. The average molecular weight is 495 g/mol. The van der Waals surface area contributed by atoms with Gasteiger partial charge in [0.1, 0.15) is 23.6 Å². The molecule has 2 aliphatic rings. The average Bonchev–Trinajstić information content (AvgIpc) is 3.29. The zero-order valence-electron chi connectivity index (χ0n) is 18.8. The van der Waals surface area contributed by atoms with Crippen molar-refractivity contribution < 1.29 is 26.7 Å². The van der Waals surface area contributed by atoms with E-state index in [9.17, 15) is 26.7 Å². The number of hydrogen-bond donors (Lipinski definition) is 0. The highest BCUT2D eigenvalue weighted by Crippen LogP contribution is 2.43. The molecule has 0 saturated carbocycles. The van der Waals surface area contributed by atoms with Crippen LogP contribution in [0.2, 0.25) is 0 Å². The van der Waals surface area contributed by atoms with Crippen molar-refractivity contribution >= 4 is 28.6 Å². The number of aromatic nitrogens is 5. The van der Waals surface area contributed by atoms with Crippen molar-refractivity contribution in [3.8, 4) is 0 Å². The molecule has 0 unspecified atom stereocenters. The van der Waals surface area contributed by atoms with E-state index < -0.39 is 24.8 Å². The van der Waals surface area contributed by atoms with Crippen LogP contribution in [-0.2, 0) is 17.5 Å². The first-order valence-corrected chi connectivity index (χ1v) is 11.1. The lowest BCUT2D eigenvalue weighted by atomic mass is 9.77. The van der Waals surface area contributed by atoms with Gasteiger partial charge in [0.25, 0.3) is 6.43 Å². The molecule has 0 aromatic carbocycles. The molecule has 0 bridgehead atoms. The third kappa shape index (κ3) is 4.39. The Kier molecular flexibility index (Phi) is 5.59. The van der Waals surface area contributed by atoms with Gasteiger partial charge in [-0.3, -0.25) is 4.79 Å². The molecule has 186 valence electrons. The lowest BCUT2D eigenvalue weighted by Gasteiger charge is -2.39. The van der Waals surface area contributed by atoms with Gasteiger partial charge in [0.15, 0.2) is 5.65 Å². The minimum atomic E-state index is -4.54. The Hall–Kier alpha value is -3.38.